The van der Waals surface area contributed by atoms with Crippen LogP contribution in [0.15, 0.2) is 66.7 Å². The second-order valence-corrected chi connectivity index (χ2v) is 9.65. The Hall–Kier alpha value is -3.81. The van der Waals surface area contributed by atoms with Crippen LogP contribution in [0, 0.1) is 18.8 Å². The van der Waals surface area contributed by atoms with Gasteiger partial charge in [-0.1, -0.05) is 53.6 Å². The van der Waals surface area contributed by atoms with Gasteiger partial charge in [-0.3, -0.25) is 19.2 Å². The van der Waals surface area contributed by atoms with Crippen molar-refractivity contribution < 1.29 is 28.7 Å². The van der Waals surface area contributed by atoms with Gasteiger partial charge in [-0.05, 0) is 37.3 Å². The molecule has 0 aromatic heterocycles. The fourth-order valence-corrected chi connectivity index (χ4v) is 5.86. The third-order valence-corrected chi connectivity index (χ3v) is 7.54. The van der Waals surface area contributed by atoms with Crippen LogP contribution in [0.1, 0.15) is 37.9 Å². The predicted molar refractivity (Wildman–Crippen MR) is 130 cm³/mol. The molecule has 2 heterocycles. The molecule has 2 saturated heterocycles. The van der Waals surface area contributed by atoms with E-state index in [1.54, 1.807) is 54.6 Å². The lowest BCUT2D eigenvalue weighted by molar-refractivity contribution is -0.127. The molecule has 0 N–H and O–H groups in total. The molecule has 1 spiro atoms. The first-order chi connectivity index (χ1) is 17.3. The van der Waals surface area contributed by atoms with E-state index in [4.69, 9.17) is 21.1 Å². The summed E-state index contributed by atoms with van der Waals surface area (Å²) in [5.74, 6) is -4.53. The number of nitrogens with zero attached hydrogens (tertiary/aromatic N) is 1. The molecule has 2 aliphatic heterocycles. The summed E-state index contributed by atoms with van der Waals surface area (Å²) in [6.45, 7) is 1.89. The van der Waals surface area contributed by atoms with Gasteiger partial charge in [-0.25, -0.2) is 4.90 Å². The summed E-state index contributed by atoms with van der Waals surface area (Å²) >= 11 is 6.27. The van der Waals surface area contributed by atoms with Crippen molar-refractivity contribution in [3.8, 4) is 5.75 Å². The highest BCUT2D eigenvalue weighted by atomic mass is 35.5. The van der Waals surface area contributed by atoms with Crippen molar-refractivity contribution in [2.45, 2.75) is 18.6 Å². The summed E-state index contributed by atoms with van der Waals surface area (Å²) in [6, 6.07) is 18.1. The van der Waals surface area contributed by atoms with Gasteiger partial charge in [0.2, 0.25) is 29.0 Å². The summed E-state index contributed by atoms with van der Waals surface area (Å²) in [5, 5.41) is 0.353. The van der Waals surface area contributed by atoms with E-state index in [0.717, 1.165) is 10.5 Å². The highest BCUT2D eigenvalue weighted by Gasteiger charge is 2.75. The molecule has 1 aliphatic carbocycles. The van der Waals surface area contributed by atoms with Crippen LogP contribution in [-0.4, -0.2) is 36.1 Å². The van der Waals surface area contributed by atoms with Crippen LogP contribution in [0.2, 0.25) is 5.02 Å². The zero-order valence-electron chi connectivity index (χ0n) is 19.4. The standard InChI is InChI=1S/C28H20ClNO6/c1-14-7-10-16(11-8-14)30-26(33)21-22(27(30)34)28(24(31)17-5-3-4-6-18(17)25(28)32)36-23(21)19-13-15(29)9-12-20(19)35-2/h3-13,21-23H,1-2H3/t21-,22-,23+/m1/s1. The molecular weight excluding hydrogens is 482 g/mol. The molecule has 8 heteroatoms. The van der Waals surface area contributed by atoms with Crippen molar-refractivity contribution in [2.24, 2.45) is 11.8 Å². The Morgan fingerprint density at radius 3 is 2.14 bits per heavy atom. The zero-order chi connectivity index (χ0) is 25.4. The SMILES string of the molecule is COc1ccc(Cl)cc1[C@@H]1OC2(C(=O)c3ccccc3C2=O)[C@H]2C(=O)N(c3ccc(C)cc3)C(=O)[C@@H]12. The summed E-state index contributed by atoms with van der Waals surface area (Å²) in [5.41, 5.74) is -0.0925. The first-order valence-electron chi connectivity index (χ1n) is 11.4. The van der Waals surface area contributed by atoms with Crippen LogP contribution >= 0.6 is 11.6 Å². The second-order valence-electron chi connectivity index (χ2n) is 9.22. The topological polar surface area (TPSA) is 90.0 Å². The predicted octanol–water partition coefficient (Wildman–Crippen LogP) is 4.35. The van der Waals surface area contributed by atoms with Crippen LogP contribution < -0.4 is 9.64 Å². The Labute approximate surface area is 211 Å². The van der Waals surface area contributed by atoms with Crippen molar-refractivity contribution in [3.63, 3.8) is 0 Å². The van der Waals surface area contributed by atoms with Crippen LogP contribution in [0.3, 0.4) is 0 Å². The molecule has 0 unspecified atom stereocenters. The van der Waals surface area contributed by atoms with Crippen molar-refractivity contribution in [3.05, 3.63) is 94.0 Å². The summed E-state index contributed by atoms with van der Waals surface area (Å²) in [6.07, 6.45) is -1.11. The fraction of sp³-hybridized carbons (Fsp3) is 0.214. The molecule has 0 saturated carbocycles. The van der Waals surface area contributed by atoms with Crippen LogP contribution in [0.5, 0.6) is 5.75 Å². The van der Waals surface area contributed by atoms with Crippen LogP contribution in [0.4, 0.5) is 5.69 Å². The number of rotatable bonds is 3. The Bertz CT molecular complexity index is 1440. The maximum atomic E-state index is 13.9. The normalized spacial score (nSPS) is 24.0. The number of methoxy groups -OCH3 is 1. The van der Waals surface area contributed by atoms with Gasteiger partial charge >= 0.3 is 0 Å². The minimum atomic E-state index is -2.15. The number of ether oxygens (including phenoxy) is 2. The Kier molecular flexibility index (Phi) is 4.94. The Morgan fingerprint density at radius 1 is 0.889 bits per heavy atom. The third kappa shape index (κ3) is 2.84. The summed E-state index contributed by atoms with van der Waals surface area (Å²) < 4.78 is 11.8. The molecule has 2 amide bonds. The Morgan fingerprint density at radius 2 is 1.53 bits per heavy atom. The van der Waals surface area contributed by atoms with Gasteiger partial charge in [-0.15, -0.1) is 0 Å². The molecule has 3 atom stereocenters. The first-order valence-corrected chi connectivity index (χ1v) is 11.8. The second kappa shape index (κ2) is 7.85. The van der Waals surface area contributed by atoms with Crippen LogP contribution in [0.25, 0.3) is 0 Å². The number of Topliss-reactive ketones (excluding diaryl/α,β-unsaturated/α-hetero) is 2. The molecule has 3 aromatic carbocycles. The lowest BCUT2D eigenvalue weighted by Gasteiger charge is -2.27. The van der Waals surface area contributed by atoms with Gasteiger partial charge in [0.1, 0.15) is 11.9 Å². The number of aryl methyl sites for hydroxylation is 1. The van der Waals surface area contributed by atoms with Gasteiger partial charge in [0.15, 0.2) is 0 Å². The fourth-order valence-electron chi connectivity index (χ4n) is 5.68. The van der Waals surface area contributed by atoms with Crippen molar-refractivity contribution >= 4 is 40.7 Å². The van der Waals surface area contributed by atoms with Gasteiger partial charge in [-0.2, -0.15) is 0 Å². The number of amides is 2. The molecular formula is C28H20ClNO6. The number of carbonyl (C=O) groups is 4. The smallest absolute Gasteiger partial charge is 0.241 e. The lowest BCUT2D eigenvalue weighted by atomic mass is 9.77. The number of imide groups is 1. The molecule has 180 valence electrons. The van der Waals surface area contributed by atoms with Gasteiger partial charge < -0.3 is 9.47 Å². The number of hydrogen-bond acceptors (Lipinski definition) is 6. The monoisotopic (exact) mass is 501 g/mol. The molecule has 3 aliphatic rings. The number of hydrogen-bond donors (Lipinski definition) is 0. The zero-order valence-corrected chi connectivity index (χ0v) is 20.1. The summed E-state index contributed by atoms with van der Waals surface area (Å²) in [7, 11) is 1.46. The molecule has 3 aromatic rings. The number of benzene rings is 3. The largest absolute Gasteiger partial charge is 0.496 e. The van der Waals surface area contributed by atoms with Gasteiger partial charge in [0.05, 0.1) is 24.6 Å². The molecule has 6 rings (SSSR count). The lowest BCUT2D eigenvalue weighted by Crippen LogP contribution is -2.51. The van der Waals surface area contributed by atoms with Gasteiger partial charge in [0, 0.05) is 21.7 Å². The number of carbonyl (C=O) groups excluding carboxylic acids is 4. The Balaban J connectivity index is 1.57. The number of halogens is 1. The maximum absolute atomic E-state index is 13.9. The highest BCUT2D eigenvalue weighted by molar-refractivity contribution is 6.37. The molecule has 2 fully saturated rings. The quantitative estimate of drug-likeness (QED) is 0.391. The summed E-state index contributed by atoms with van der Waals surface area (Å²) in [4.78, 5) is 56.6. The molecule has 0 bridgehead atoms. The number of anilines is 1. The molecule has 7 nitrogen and oxygen atoms in total. The maximum Gasteiger partial charge on any atom is 0.241 e. The number of ketones is 2. The third-order valence-electron chi connectivity index (χ3n) is 7.31. The minimum absolute atomic E-state index is 0.175. The van der Waals surface area contributed by atoms with E-state index in [0.29, 0.717) is 22.0 Å². The molecule has 0 radical (unpaired) electrons. The average Bonchev–Trinajstić information content (AvgIpc) is 3.45. The van der Waals surface area contributed by atoms with E-state index in [2.05, 4.69) is 0 Å². The van der Waals surface area contributed by atoms with Crippen LogP contribution in [-0.2, 0) is 14.3 Å². The van der Waals surface area contributed by atoms with Gasteiger partial charge in [0.25, 0.3) is 0 Å². The van der Waals surface area contributed by atoms with E-state index < -0.39 is 46.9 Å². The van der Waals surface area contributed by atoms with Crippen molar-refractivity contribution in [2.75, 3.05) is 12.0 Å². The van der Waals surface area contributed by atoms with E-state index in [1.807, 2.05) is 6.92 Å². The van der Waals surface area contributed by atoms with E-state index >= 15 is 0 Å². The van der Waals surface area contributed by atoms with Crippen molar-refractivity contribution in [1.29, 1.82) is 0 Å². The van der Waals surface area contributed by atoms with Crippen molar-refractivity contribution in [1.82, 2.24) is 0 Å². The number of fused-ring (bicyclic) bond motifs is 3. The average molecular weight is 502 g/mol. The first kappa shape index (κ1) is 22.6. The minimum Gasteiger partial charge on any atom is -0.496 e. The van der Waals surface area contributed by atoms with E-state index in [-0.39, 0.29) is 11.1 Å². The highest BCUT2D eigenvalue weighted by Crippen LogP contribution is 2.58. The van der Waals surface area contributed by atoms with E-state index in [1.165, 1.54) is 19.2 Å². The molecule has 36 heavy (non-hydrogen) atoms. The van der Waals surface area contributed by atoms with E-state index in [9.17, 15) is 19.2 Å².